The van der Waals surface area contributed by atoms with E-state index in [1.54, 1.807) is 0 Å². The van der Waals surface area contributed by atoms with E-state index in [1.165, 1.54) is 6.33 Å². The van der Waals surface area contributed by atoms with Gasteiger partial charge in [0.15, 0.2) is 5.82 Å². The van der Waals surface area contributed by atoms with Crippen molar-refractivity contribution in [1.29, 1.82) is 0 Å². The summed E-state index contributed by atoms with van der Waals surface area (Å²) in [7, 11) is 0. The fourth-order valence-electron chi connectivity index (χ4n) is 2.35. The molecule has 1 saturated carbocycles. The van der Waals surface area contributed by atoms with Crippen LogP contribution in [0.2, 0.25) is 5.02 Å². The average Bonchev–Trinajstić information content (AvgIpc) is 2.35. The van der Waals surface area contributed by atoms with Crippen molar-refractivity contribution in [3.63, 3.8) is 0 Å². The molecule has 0 aliphatic heterocycles. The van der Waals surface area contributed by atoms with Gasteiger partial charge in [-0.2, -0.15) is 0 Å². The molecule has 4 N–H and O–H groups in total. The summed E-state index contributed by atoms with van der Waals surface area (Å²) < 4.78 is 0. The van der Waals surface area contributed by atoms with Gasteiger partial charge >= 0.3 is 5.97 Å². The van der Waals surface area contributed by atoms with E-state index in [-0.39, 0.29) is 24.4 Å². The predicted molar refractivity (Wildman–Crippen MR) is 76.8 cm³/mol. The Hall–Kier alpha value is -1.60. The number of aromatic nitrogens is 2. The Morgan fingerprint density at radius 2 is 2.30 bits per heavy atom. The molecule has 0 radical (unpaired) electrons. The topological polar surface area (TPSA) is 104 Å². The highest BCUT2D eigenvalue weighted by atomic mass is 35.5. The number of nitrogens with one attached hydrogen (secondary N) is 1. The second kappa shape index (κ2) is 6.23. The van der Waals surface area contributed by atoms with Gasteiger partial charge in [0.2, 0.25) is 0 Å². The molecule has 1 aliphatic carbocycles. The zero-order valence-corrected chi connectivity index (χ0v) is 12.0. The SMILES string of the molecule is CCN(CC(=O)O)C1CC(Nc2ncnc(N)c2Cl)C1. The zero-order chi connectivity index (χ0) is 14.7. The van der Waals surface area contributed by atoms with Crippen LogP contribution in [0.5, 0.6) is 0 Å². The van der Waals surface area contributed by atoms with Crippen LogP contribution in [0.4, 0.5) is 11.6 Å². The van der Waals surface area contributed by atoms with Crippen LogP contribution in [0.3, 0.4) is 0 Å². The minimum Gasteiger partial charge on any atom is -0.480 e. The molecule has 0 spiro atoms. The molecule has 0 atom stereocenters. The van der Waals surface area contributed by atoms with Gasteiger partial charge in [-0.25, -0.2) is 9.97 Å². The van der Waals surface area contributed by atoms with E-state index >= 15 is 0 Å². The number of anilines is 2. The third kappa shape index (κ3) is 3.29. The number of nitrogen functional groups attached to an aromatic ring is 1. The van der Waals surface area contributed by atoms with Gasteiger partial charge in [-0.05, 0) is 19.4 Å². The first-order valence-electron chi connectivity index (χ1n) is 6.49. The van der Waals surface area contributed by atoms with Crippen molar-refractivity contribution in [2.45, 2.75) is 31.8 Å². The number of carboxylic acid groups (broad SMARTS) is 1. The molecule has 8 heteroatoms. The van der Waals surface area contributed by atoms with Crippen molar-refractivity contribution < 1.29 is 9.90 Å². The Kier molecular flexibility index (Phi) is 4.61. The molecule has 0 unspecified atom stereocenters. The second-order valence-corrected chi connectivity index (χ2v) is 5.22. The Balaban J connectivity index is 1.87. The number of rotatable bonds is 6. The van der Waals surface area contributed by atoms with Crippen LogP contribution in [0, 0.1) is 0 Å². The molecule has 1 fully saturated rings. The van der Waals surface area contributed by atoms with Gasteiger partial charge in [0, 0.05) is 12.1 Å². The number of likely N-dealkylation sites (N-methyl/N-ethyl adjacent to an activating group) is 1. The van der Waals surface area contributed by atoms with Gasteiger partial charge in [0.05, 0.1) is 6.54 Å². The summed E-state index contributed by atoms with van der Waals surface area (Å²) in [5.41, 5.74) is 5.61. The molecule has 1 aliphatic rings. The van der Waals surface area contributed by atoms with Crippen LogP contribution in [0.15, 0.2) is 6.33 Å². The maximum atomic E-state index is 10.8. The van der Waals surface area contributed by atoms with Crippen LogP contribution in [0.1, 0.15) is 19.8 Å². The third-order valence-electron chi connectivity index (χ3n) is 3.53. The highest BCUT2D eigenvalue weighted by molar-refractivity contribution is 6.35. The fourth-order valence-corrected chi connectivity index (χ4v) is 2.51. The quantitative estimate of drug-likeness (QED) is 0.721. The predicted octanol–water partition coefficient (Wildman–Crippen LogP) is 1.06. The van der Waals surface area contributed by atoms with E-state index in [2.05, 4.69) is 15.3 Å². The molecule has 2 rings (SSSR count). The minimum absolute atomic E-state index is 0.0785. The minimum atomic E-state index is -0.796. The second-order valence-electron chi connectivity index (χ2n) is 4.84. The molecular weight excluding hydrogens is 282 g/mol. The van der Waals surface area contributed by atoms with Crippen LogP contribution >= 0.6 is 11.6 Å². The van der Waals surface area contributed by atoms with Gasteiger partial charge in [0.25, 0.3) is 0 Å². The van der Waals surface area contributed by atoms with Gasteiger partial charge in [0.1, 0.15) is 17.2 Å². The largest absolute Gasteiger partial charge is 0.480 e. The normalized spacial score (nSPS) is 21.6. The van der Waals surface area contributed by atoms with E-state index in [1.807, 2.05) is 11.8 Å². The number of hydrogen-bond acceptors (Lipinski definition) is 6. The van der Waals surface area contributed by atoms with Crippen LogP contribution in [-0.4, -0.2) is 51.1 Å². The Morgan fingerprint density at radius 1 is 1.60 bits per heavy atom. The summed E-state index contributed by atoms with van der Waals surface area (Å²) in [6, 6.07) is 0.515. The number of carboxylic acids is 1. The summed E-state index contributed by atoms with van der Waals surface area (Å²) in [6.07, 6.45) is 3.09. The molecule has 110 valence electrons. The molecule has 0 saturated heterocycles. The van der Waals surface area contributed by atoms with E-state index in [0.717, 1.165) is 19.4 Å². The summed E-state index contributed by atoms with van der Waals surface area (Å²) in [4.78, 5) is 20.6. The number of nitrogens with two attached hydrogens (primary N) is 1. The van der Waals surface area contributed by atoms with Crippen molar-refractivity contribution in [3.8, 4) is 0 Å². The smallest absolute Gasteiger partial charge is 0.317 e. The van der Waals surface area contributed by atoms with E-state index < -0.39 is 5.97 Å². The van der Waals surface area contributed by atoms with Crippen molar-refractivity contribution in [3.05, 3.63) is 11.3 Å². The molecule has 1 heterocycles. The molecule has 20 heavy (non-hydrogen) atoms. The maximum absolute atomic E-state index is 10.8. The van der Waals surface area contributed by atoms with Crippen LogP contribution in [0.25, 0.3) is 0 Å². The first-order valence-corrected chi connectivity index (χ1v) is 6.87. The molecule has 1 aromatic heterocycles. The number of nitrogens with zero attached hydrogens (tertiary/aromatic N) is 3. The highest BCUT2D eigenvalue weighted by Gasteiger charge is 2.34. The molecule has 7 nitrogen and oxygen atoms in total. The summed E-state index contributed by atoms with van der Waals surface area (Å²) in [5.74, 6) is -0.0140. The Labute approximate surface area is 122 Å². The van der Waals surface area contributed by atoms with Crippen molar-refractivity contribution in [1.82, 2.24) is 14.9 Å². The summed E-state index contributed by atoms with van der Waals surface area (Å²) in [6.45, 7) is 2.77. The lowest BCUT2D eigenvalue weighted by atomic mass is 9.85. The standard InChI is InChI=1S/C12H18ClN5O2/c1-2-18(5-9(19)20)8-3-7(4-8)17-12-10(13)11(14)15-6-16-12/h6-8H,2-5H2,1H3,(H,19,20)(H3,14,15,16,17). The van der Waals surface area contributed by atoms with Gasteiger partial charge in [-0.15, -0.1) is 0 Å². The monoisotopic (exact) mass is 299 g/mol. The lowest BCUT2D eigenvalue weighted by Crippen LogP contribution is -2.51. The molecule has 0 bridgehead atoms. The van der Waals surface area contributed by atoms with Crippen LogP contribution < -0.4 is 11.1 Å². The maximum Gasteiger partial charge on any atom is 0.317 e. The van der Waals surface area contributed by atoms with E-state index in [4.69, 9.17) is 22.4 Å². The zero-order valence-electron chi connectivity index (χ0n) is 11.2. The first kappa shape index (κ1) is 14.8. The van der Waals surface area contributed by atoms with Crippen LogP contribution in [-0.2, 0) is 4.79 Å². The van der Waals surface area contributed by atoms with Crippen molar-refractivity contribution >= 4 is 29.2 Å². The Bertz CT molecular complexity index is 493. The molecular formula is C12H18ClN5O2. The average molecular weight is 300 g/mol. The third-order valence-corrected chi connectivity index (χ3v) is 3.90. The van der Waals surface area contributed by atoms with Gasteiger partial charge in [-0.1, -0.05) is 18.5 Å². The molecule has 1 aromatic rings. The van der Waals surface area contributed by atoms with E-state index in [9.17, 15) is 4.79 Å². The van der Waals surface area contributed by atoms with Crippen molar-refractivity contribution in [2.24, 2.45) is 0 Å². The molecule has 0 amide bonds. The highest BCUT2D eigenvalue weighted by Crippen LogP contribution is 2.31. The first-order chi connectivity index (χ1) is 9.51. The number of carbonyl (C=O) groups is 1. The lowest BCUT2D eigenvalue weighted by molar-refractivity contribution is -0.139. The van der Waals surface area contributed by atoms with E-state index in [0.29, 0.717) is 10.8 Å². The summed E-state index contributed by atoms with van der Waals surface area (Å²) >= 11 is 6.01. The lowest BCUT2D eigenvalue weighted by Gasteiger charge is -2.42. The van der Waals surface area contributed by atoms with Gasteiger partial charge in [-0.3, -0.25) is 9.69 Å². The number of halogens is 1. The van der Waals surface area contributed by atoms with Crippen molar-refractivity contribution in [2.75, 3.05) is 24.1 Å². The summed E-state index contributed by atoms with van der Waals surface area (Å²) in [5, 5.41) is 12.4. The number of aliphatic carboxylic acids is 1. The molecule has 0 aromatic carbocycles. The van der Waals surface area contributed by atoms with Gasteiger partial charge < -0.3 is 16.2 Å². The number of hydrogen-bond donors (Lipinski definition) is 3. The fraction of sp³-hybridized carbons (Fsp3) is 0.583. The Morgan fingerprint density at radius 3 is 2.90 bits per heavy atom.